The first-order valence-electron chi connectivity index (χ1n) is 6.46. The molecule has 2 aromatic rings. The Morgan fingerprint density at radius 2 is 2.05 bits per heavy atom. The number of hydrogen-bond acceptors (Lipinski definition) is 4. The van der Waals surface area contributed by atoms with E-state index in [2.05, 4.69) is 15.6 Å². The van der Waals surface area contributed by atoms with Crippen molar-refractivity contribution < 1.29 is 13.2 Å². The van der Waals surface area contributed by atoms with Crippen LogP contribution in [0.4, 0.5) is 10.5 Å². The van der Waals surface area contributed by atoms with Gasteiger partial charge in [0.2, 0.25) is 10.0 Å². The highest BCUT2D eigenvalue weighted by atomic mass is 32.2. The number of anilines is 1. The van der Waals surface area contributed by atoms with E-state index in [9.17, 15) is 13.2 Å². The summed E-state index contributed by atoms with van der Waals surface area (Å²) in [6, 6.07) is 8.73. The Morgan fingerprint density at radius 3 is 2.68 bits per heavy atom. The van der Waals surface area contributed by atoms with Crippen LogP contribution in [0.2, 0.25) is 0 Å². The maximum atomic E-state index is 11.9. The molecule has 1 unspecified atom stereocenters. The van der Waals surface area contributed by atoms with Crippen molar-refractivity contribution in [1.82, 2.24) is 10.3 Å². The van der Waals surface area contributed by atoms with Crippen LogP contribution in [-0.4, -0.2) is 19.4 Å². The van der Waals surface area contributed by atoms with Crippen LogP contribution in [0.1, 0.15) is 18.5 Å². The molecule has 1 aromatic carbocycles. The minimum atomic E-state index is -3.77. The van der Waals surface area contributed by atoms with Crippen LogP contribution >= 0.6 is 0 Å². The van der Waals surface area contributed by atoms with Gasteiger partial charge in [0.05, 0.1) is 22.8 Å². The molecule has 0 bridgehead atoms. The van der Waals surface area contributed by atoms with E-state index in [1.807, 2.05) is 0 Å². The summed E-state index contributed by atoms with van der Waals surface area (Å²) < 4.78 is 22.7. The van der Waals surface area contributed by atoms with Crippen molar-refractivity contribution in [2.24, 2.45) is 5.14 Å². The first-order valence-corrected chi connectivity index (χ1v) is 8.01. The maximum absolute atomic E-state index is 11.9. The van der Waals surface area contributed by atoms with Crippen LogP contribution in [0.25, 0.3) is 0 Å². The van der Waals surface area contributed by atoms with Gasteiger partial charge >= 0.3 is 6.03 Å². The average Bonchev–Trinajstić information content (AvgIpc) is 2.47. The summed E-state index contributed by atoms with van der Waals surface area (Å²) in [5.74, 6) is 0. The fraction of sp³-hybridized carbons (Fsp3) is 0.143. The summed E-state index contributed by atoms with van der Waals surface area (Å²) in [5, 5.41) is 10.4. The quantitative estimate of drug-likeness (QED) is 0.794. The zero-order valence-electron chi connectivity index (χ0n) is 11.9. The number of aromatic nitrogens is 1. The van der Waals surface area contributed by atoms with Gasteiger partial charge in [0.25, 0.3) is 0 Å². The van der Waals surface area contributed by atoms with Crippen LogP contribution in [0, 0.1) is 0 Å². The van der Waals surface area contributed by atoms with E-state index in [4.69, 9.17) is 5.14 Å². The molecule has 0 aliphatic heterocycles. The largest absolute Gasteiger partial charge is 0.331 e. The maximum Gasteiger partial charge on any atom is 0.319 e. The molecule has 4 N–H and O–H groups in total. The van der Waals surface area contributed by atoms with E-state index in [0.717, 1.165) is 0 Å². The minimum absolute atomic E-state index is 0.00585. The molecule has 8 heteroatoms. The van der Waals surface area contributed by atoms with Gasteiger partial charge in [-0.3, -0.25) is 4.98 Å². The number of urea groups is 1. The van der Waals surface area contributed by atoms with Gasteiger partial charge in [0.1, 0.15) is 0 Å². The SMILES string of the molecule is CC(NC(=O)Nc1cccnc1)c1cccc(S(N)(=O)=O)c1. The molecule has 22 heavy (non-hydrogen) atoms. The van der Waals surface area contributed by atoms with Gasteiger partial charge in [-0.1, -0.05) is 12.1 Å². The lowest BCUT2D eigenvalue weighted by Crippen LogP contribution is -2.31. The summed E-state index contributed by atoms with van der Waals surface area (Å²) >= 11 is 0. The molecule has 1 aromatic heterocycles. The number of nitrogens with two attached hydrogens (primary N) is 1. The first-order chi connectivity index (χ1) is 10.4. The second kappa shape index (κ2) is 6.54. The van der Waals surface area contributed by atoms with Gasteiger partial charge in [-0.25, -0.2) is 18.4 Å². The fourth-order valence-corrected chi connectivity index (χ4v) is 2.41. The normalized spacial score (nSPS) is 12.5. The Hall–Kier alpha value is -2.45. The highest BCUT2D eigenvalue weighted by molar-refractivity contribution is 7.89. The number of rotatable bonds is 4. The lowest BCUT2D eigenvalue weighted by molar-refractivity contribution is 0.249. The number of carbonyl (C=O) groups is 1. The van der Waals surface area contributed by atoms with Crippen LogP contribution in [-0.2, 0) is 10.0 Å². The van der Waals surface area contributed by atoms with E-state index in [1.54, 1.807) is 37.4 Å². The summed E-state index contributed by atoms with van der Waals surface area (Å²) in [6.45, 7) is 1.74. The topological polar surface area (TPSA) is 114 Å². The lowest BCUT2D eigenvalue weighted by Gasteiger charge is -2.15. The average molecular weight is 320 g/mol. The Morgan fingerprint density at radius 1 is 1.27 bits per heavy atom. The molecule has 116 valence electrons. The van der Waals surface area contributed by atoms with Gasteiger partial charge in [-0.2, -0.15) is 0 Å². The summed E-state index contributed by atoms with van der Waals surface area (Å²) in [6.07, 6.45) is 3.12. The molecule has 0 saturated carbocycles. The zero-order chi connectivity index (χ0) is 16.2. The van der Waals surface area contributed by atoms with E-state index in [0.29, 0.717) is 11.3 Å². The number of pyridine rings is 1. The standard InChI is InChI=1S/C14H16N4O3S/c1-10(11-4-2-6-13(8-11)22(15,20)21)17-14(19)18-12-5-3-7-16-9-12/h2-10H,1H3,(H2,15,20,21)(H2,17,18,19). The molecule has 2 amide bonds. The highest BCUT2D eigenvalue weighted by Gasteiger charge is 2.13. The predicted molar refractivity (Wildman–Crippen MR) is 82.6 cm³/mol. The second-order valence-electron chi connectivity index (χ2n) is 4.68. The molecule has 0 saturated heterocycles. The third kappa shape index (κ3) is 4.27. The Balaban J connectivity index is 2.06. The number of sulfonamides is 1. The van der Waals surface area contributed by atoms with E-state index < -0.39 is 22.1 Å². The van der Waals surface area contributed by atoms with Crippen LogP contribution in [0.5, 0.6) is 0 Å². The van der Waals surface area contributed by atoms with Crippen molar-refractivity contribution >= 4 is 21.7 Å². The molecule has 2 rings (SSSR count). The van der Waals surface area contributed by atoms with Crippen LogP contribution < -0.4 is 15.8 Å². The number of carbonyl (C=O) groups excluding carboxylic acids is 1. The van der Waals surface area contributed by atoms with Gasteiger partial charge in [-0.15, -0.1) is 0 Å². The molecule has 7 nitrogen and oxygen atoms in total. The summed E-state index contributed by atoms with van der Waals surface area (Å²) in [4.78, 5) is 15.8. The number of hydrogen-bond donors (Lipinski definition) is 3. The number of amides is 2. The van der Waals surface area contributed by atoms with Crippen molar-refractivity contribution in [3.8, 4) is 0 Å². The Kier molecular flexibility index (Phi) is 4.74. The summed E-state index contributed by atoms with van der Waals surface area (Å²) in [7, 11) is -3.77. The number of nitrogens with one attached hydrogen (secondary N) is 2. The lowest BCUT2D eigenvalue weighted by atomic mass is 10.1. The molecule has 0 radical (unpaired) electrons. The monoisotopic (exact) mass is 320 g/mol. The van der Waals surface area contributed by atoms with Gasteiger partial charge in [0, 0.05) is 6.20 Å². The number of benzene rings is 1. The van der Waals surface area contributed by atoms with Crippen LogP contribution in [0.15, 0.2) is 53.7 Å². The molecule has 0 aliphatic rings. The molecule has 0 fully saturated rings. The third-order valence-electron chi connectivity index (χ3n) is 2.95. The third-order valence-corrected chi connectivity index (χ3v) is 3.86. The number of nitrogens with zero attached hydrogens (tertiary/aromatic N) is 1. The Bertz CT molecular complexity index is 763. The van der Waals surface area contributed by atoms with Crippen LogP contribution in [0.3, 0.4) is 0 Å². The fourth-order valence-electron chi connectivity index (χ4n) is 1.84. The molecule has 1 heterocycles. The first kappa shape index (κ1) is 15.9. The minimum Gasteiger partial charge on any atom is -0.331 e. The molecular weight excluding hydrogens is 304 g/mol. The van der Waals surface area contributed by atoms with Gasteiger partial charge < -0.3 is 10.6 Å². The molecular formula is C14H16N4O3S. The zero-order valence-corrected chi connectivity index (χ0v) is 12.7. The smallest absolute Gasteiger partial charge is 0.319 e. The van der Waals surface area contributed by atoms with Crippen molar-refractivity contribution in [2.45, 2.75) is 17.9 Å². The van der Waals surface area contributed by atoms with E-state index in [-0.39, 0.29) is 4.90 Å². The van der Waals surface area contributed by atoms with E-state index >= 15 is 0 Å². The molecule has 0 spiro atoms. The van der Waals surface area contributed by atoms with Crippen molar-refractivity contribution in [1.29, 1.82) is 0 Å². The second-order valence-corrected chi connectivity index (χ2v) is 6.24. The Labute approximate surface area is 128 Å². The highest BCUT2D eigenvalue weighted by Crippen LogP contribution is 2.16. The summed E-state index contributed by atoms with van der Waals surface area (Å²) in [5.41, 5.74) is 1.19. The van der Waals surface area contributed by atoms with E-state index in [1.165, 1.54) is 18.3 Å². The van der Waals surface area contributed by atoms with Gasteiger partial charge in [0.15, 0.2) is 0 Å². The van der Waals surface area contributed by atoms with Crippen molar-refractivity contribution in [2.75, 3.05) is 5.32 Å². The van der Waals surface area contributed by atoms with Gasteiger partial charge in [-0.05, 0) is 36.8 Å². The van der Waals surface area contributed by atoms with Crippen molar-refractivity contribution in [3.63, 3.8) is 0 Å². The predicted octanol–water partition coefficient (Wildman–Crippen LogP) is 1.61. The molecule has 0 aliphatic carbocycles. The van der Waals surface area contributed by atoms with Crippen molar-refractivity contribution in [3.05, 3.63) is 54.4 Å². The number of primary sulfonamides is 1. The molecule has 1 atom stereocenters.